The summed E-state index contributed by atoms with van der Waals surface area (Å²) in [6.07, 6.45) is 4.99. The van der Waals surface area contributed by atoms with Gasteiger partial charge in [0.15, 0.2) is 0 Å². The molecule has 35 heavy (non-hydrogen) atoms. The Morgan fingerprint density at radius 1 is 1.14 bits per heavy atom. The summed E-state index contributed by atoms with van der Waals surface area (Å²) in [5.74, 6) is 0.942. The first-order valence-electron chi connectivity index (χ1n) is 12.9. The van der Waals surface area contributed by atoms with Crippen molar-refractivity contribution in [3.05, 3.63) is 23.3 Å². The summed E-state index contributed by atoms with van der Waals surface area (Å²) in [6.45, 7) is 16.6. The van der Waals surface area contributed by atoms with Crippen LogP contribution in [0, 0.1) is 19.8 Å². The van der Waals surface area contributed by atoms with Crippen molar-refractivity contribution in [1.82, 2.24) is 15.1 Å². The molecule has 0 saturated carbocycles. The van der Waals surface area contributed by atoms with Gasteiger partial charge in [0, 0.05) is 18.7 Å². The zero-order valence-electron chi connectivity index (χ0n) is 22.3. The molecule has 1 aromatic carbocycles. The fourth-order valence-electron chi connectivity index (χ4n) is 4.32. The molecule has 0 atom stereocenters. The number of benzene rings is 1. The van der Waals surface area contributed by atoms with Crippen LogP contribution in [0.15, 0.2) is 12.1 Å². The summed E-state index contributed by atoms with van der Waals surface area (Å²) < 4.78 is 11.7. The third-order valence-electron chi connectivity index (χ3n) is 6.13. The van der Waals surface area contributed by atoms with Gasteiger partial charge < -0.3 is 19.7 Å². The smallest absolute Gasteiger partial charge is 0.309 e. The maximum atomic E-state index is 12.3. The molecule has 1 saturated heterocycles. The first-order chi connectivity index (χ1) is 16.7. The van der Waals surface area contributed by atoms with E-state index in [-0.39, 0.29) is 11.9 Å². The quantitative estimate of drug-likeness (QED) is 0.305. The van der Waals surface area contributed by atoms with E-state index >= 15 is 0 Å². The lowest BCUT2D eigenvalue weighted by Gasteiger charge is -2.32. The van der Waals surface area contributed by atoms with E-state index in [2.05, 4.69) is 53.3 Å². The van der Waals surface area contributed by atoms with Crippen molar-refractivity contribution in [2.24, 2.45) is 5.92 Å². The number of ether oxygens (including phenoxy) is 2. The average Bonchev–Trinajstić information content (AvgIpc) is 3.26. The van der Waals surface area contributed by atoms with Crippen LogP contribution in [0.5, 0.6) is 5.75 Å². The molecule has 0 radical (unpaired) electrons. The SMILES string of the molecule is CCCCNc1nnc(-c2cc(C)c(OCCCN3CCC(C(=O)OC(C)(C)C)CC3)c(C)c2)s1. The number of anilines is 1. The van der Waals surface area contributed by atoms with Gasteiger partial charge in [-0.1, -0.05) is 24.7 Å². The Hall–Kier alpha value is -2.19. The number of rotatable bonds is 11. The number of nitrogens with zero attached hydrogens (tertiary/aromatic N) is 3. The molecule has 0 spiro atoms. The number of nitrogens with one attached hydrogen (secondary N) is 1. The first-order valence-corrected chi connectivity index (χ1v) is 13.7. The van der Waals surface area contributed by atoms with Gasteiger partial charge in [-0.3, -0.25) is 4.79 Å². The second-order valence-electron chi connectivity index (χ2n) is 10.5. The Morgan fingerprint density at radius 3 is 2.46 bits per heavy atom. The van der Waals surface area contributed by atoms with Crippen molar-refractivity contribution < 1.29 is 14.3 Å². The Balaban J connectivity index is 1.43. The topological polar surface area (TPSA) is 76.6 Å². The van der Waals surface area contributed by atoms with Crippen LogP contribution in [0.4, 0.5) is 5.13 Å². The van der Waals surface area contributed by atoms with Crippen molar-refractivity contribution in [2.75, 3.05) is 38.1 Å². The second kappa shape index (κ2) is 12.7. The number of piperidine rings is 1. The largest absolute Gasteiger partial charge is 0.493 e. The van der Waals surface area contributed by atoms with E-state index in [0.29, 0.717) is 6.61 Å². The molecule has 1 fully saturated rings. The molecule has 1 N–H and O–H groups in total. The van der Waals surface area contributed by atoms with Crippen LogP contribution in [0.2, 0.25) is 0 Å². The number of esters is 1. The van der Waals surface area contributed by atoms with E-state index in [9.17, 15) is 4.79 Å². The molecule has 0 unspecified atom stereocenters. The van der Waals surface area contributed by atoms with Crippen LogP contribution in [-0.2, 0) is 9.53 Å². The van der Waals surface area contributed by atoms with E-state index < -0.39 is 5.60 Å². The Labute approximate surface area is 214 Å². The van der Waals surface area contributed by atoms with Crippen molar-refractivity contribution in [1.29, 1.82) is 0 Å². The van der Waals surface area contributed by atoms with Gasteiger partial charge in [0.25, 0.3) is 0 Å². The Morgan fingerprint density at radius 2 is 1.83 bits per heavy atom. The number of carbonyl (C=O) groups is 1. The van der Waals surface area contributed by atoms with Gasteiger partial charge in [0.2, 0.25) is 5.13 Å². The predicted molar refractivity (Wildman–Crippen MR) is 143 cm³/mol. The van der Waals surface area contributed by atoms with Crippen LogP contribution in [0.1, 0.15) is 70.9 Å². The number of hydrogen-bond donors (Lipinski definition) is 1. The molecule has 1 aliphatic rings. The molecule has 3 rings (SSSR count). The van der Waals surface area contributed by atoms with E-state index in [1.165, 1.54) is 0 Å². The fourth-order valence-corrected chi connectivity index (χ4v) is 5.08. The molecule has 1 aliphatic heterocycles. The van der Waals surface area contributed by atoms with Crippen molar-refractivity contribution >= 4 is 22.4 Å². The fraction of sp³-hybridized carbons (Fsp3) is 0.667. The van der Waals surface area contributed by atoms with Crippen LogP contribution in [0.25, 0.3) is 10.6 Å². The van der Waals surface area contributed by atoms with Gasteiger partial charge in [-0.2, -0.15) is 0 Å². The molecule has 1 aromatic heterocycles. The minimum atomic E-state index is -0.411. The predicted octanol–water partition coefficient (Wildman–Crippen LogP) is 5.86. The van der Waals surface area contributed by atoms with E-state index in [1.54, 1.807) is 11.3 Å². The zero-order chi connectivity index (χ0) is 25.4. The van der Waals surface area contributed by atoms with Crippen molar-refractivity contribution in [3.63, 3.8) is 0 Å². The minimum absolute atomic E-state index is 0.0294. The average molecular weight is 503 g/mol. The van der Waals surface area contributed by atoms with Crippen LogP contribution < -0.4 is 10.1 Å². The van der Waals surface area contributed by atoms with Gasteiger partial charge in [0.05, 0.1) is 12.5 Å². The number of likely N-dealkylation sites (tertiary alicyclic amines) is 1. The van der Waals surface area contributed by atoms with Gasteiger partial charge >= 0.3 is 5.97 Å². The molecule has 0 amide bonds. The molecule has 2 aromatic rings. The molecule has 8 heteroatoms. The maximum Gasteiger partial charge on any atom is 0.309 e. The Kier molecular flexibility index (Phi) is 9.92. The monoisotopic (exact) mass is 502 g/mol. The third kappa shape index (κ3) is 8.46. The molecular formula is C27H42N4O3S. The van der Waals surface area contributed by atoms with Crippen molar-refractivity contribution in [3.8, 4) is 16.3 Å². The highest BCUT2D eigenvalue weighted by Crippen LogP contribution is 2.33. The second-order valence-corrected chi connectivity index (χ2v) is 11.5. The third-order valence-corrected chi connectivity index (χ3v) is 7.06. The molecular weight excluding hydrogens is 460 g/mol. The lowest BCUT2D eigenvalue weighted by atomic mass is 9.96. The minimum Gasteiger partial charge on any atom is -0.493 e. The highest BCUT2D eigenvalue weighted by Gasteiger charge is 2.28. The van der Waals surface area contributed by atoms with Crippen molar-refractivity contribution in [2.45, 2.75) is 79.2 Å². The summed E-state index contributed by atoms with van der Waals surface area (Å²) in [5, 5.41) is 13.8. The molecule has 0 aliphatic carbocycles. The zero-order valence-corrected chi connectivity index (χ0v) is 23.1. The highest BCUT2D eigenvalue weighted by molar-refractivity contribution is 7.18. The van der Waals surface area contributed by atoms with Gasteiger partial charge in [-0.25, -0.2) is 0 Å². The number of aromatic nitrogens is 2. The number of hydrogen-bond acceptors (Lipinski definition) is 8. The van der Waals surface area contributed by atoms with E-state index in [0.717, 1.165) is 90.9 Å². The molecule has 194 valence electrons. The standard InChI is InChI=1S/C27H42N4O3S/c1-7-8-12-28-26-30-29-24(35-26)22-17-19(2)23(20(3)18-22)33-16-9-13-31-14-10-21(11-15-31)25(32)34-27(4,5)6/h17-18,21H,7-16H2,1-6H3,(H,28,30). The molecule has 0 bridgehead atoms. The number of unbranched alkanes of at least 4 members (excludes halogenated alkanes) is 1. The van der Waals surface area contributed by atoms with Gasteiger partial charge in [0.1, 0.15) is 16.4 Å². The summed E-state index contributed by atoms with van der Waals surface area (Å²) in [6, 6.07) is 4.28. The van der Waals surface area contributed by atoms with Gasteiger partial charge in [-0.05, 0) is 96.7 Å². The van der Waals surface area contributed by atoms with Crippen LogP contribution in [-0.4, -0.2) is 59.5 Å². The van der Waals surface area contributed by atoms with E-state index in [4.69, 9.17) is 9.47 Å². The van der Waals surface area contributed by atoms with Crippen LogP contribution >= 0.6 is 11.3 Å². The van der Waals surface area contributed by atoms with Crippen LogP contribution in [0.3, 0.4) is 0 Å². The first kappa shape index (κ1) is 27.4. The lowest BCUT2D eigenvalue weighted by molar-refractivity contribution is -0.161. The number of aryl methyl sites for hydroxylation is 2. The summed E-state index contributed by atoms with van der Waals surface area (Å²) >= 11 is 1.59. The van der Waals surface area contributed by atoms with Gasteiger partial charge in [-0.15, -0.1) is 10.2 Å². The molecule has 2 heterocycles. The van der Waals surface area contributed by atoms with E-state index in [1.807, 2.05) is 20.8 Å². The molecule has 7 nitrogen and oxygen atoms in total. The lowest BCUT2D eigenvalue weighted by Crippen LogP contribution is -2.39. The number of carbonyl (C=O) groups excluding carboxylic acids is 1. The maximum absolute atomic E-state index is 12.3. The summed E-state index contributed by atoms with van der Waals surface area (Å²) in [5.41, 5.74) is 2.91. The Bertz CT molecular complexity index is 939. The summed E-state index contributed by atoms with van der Waals surface area (Å²) in [7, 11) is 0. The highest BCUT2D eigenvalue weighted by atomic mass is 32.1. The normalized spacial score (nSPS) is 15.3. The summed E-state index contributed by atoms with van der Waals surface area (Å²) in [4.78, 5) is 14.7.